The summed E-state index contributed by atoms with van der Waals surface area (Å²) in [4.78, 5) is 23.4. The number of nitro benzene ring substituents is 1. The minimum absolute atomic E-state index is 0.0481. The Morgan fingerprint density at radius 2 is 2.17 bits per heavy atom. The SMILES string of the molecule is O=C(CN1CC(F)C1)Nc1ccccc1[N+](=O)[O-]. The summed E-state index contributed by atoms with van der Waals surface area (Å²) in [5.41, 5.74) is 0.00245. The number of benzene rings is 1. The van der Waals surface area contributed by atoms with Crippen LogP contribution in [0.3, 0.4) is 0 Å². The molecule has 1 N–H and O–H groups in total. The number of anilines is 1. The van der Waals surface area contributed by atoms with Crippen molar-refractivity contribution in [2.75, 3.05) is 25.0 Å². The summed E-state index contributed by atoms with van der Waals surface area (Å²) in [7, 11) is 0. The zero-order valence-corrected chi connectivity index (χ0v) is 9.51. The van der Waals surface area contributed by atoms with Gasteiger partial charge in [-0.2, -0.15) is 0 Å². The Labute approximate surface area is 103 Å². The molecule has 1 aromatic carbocycles. The maximum absolute atomic E-state index is 12.6. The summed E-state index contributed by atoms with van der Waals surface area (Å²) in [5, 5.41) is 13.2. The Kier molecular flexibility index (Phi) is 3.52. The number of likely N-dealkylation sites (tertiary alicyclic amines) is 1. The van der Waals surface area contributed by atoms with Gasteiger partial charge in [-0.15, -0.1) is 0 Å². The number of nitro groups is 1. The molecule has 1 heterocycles. The van der Waals surface area contributed by atoms with Crippen LogP contribution in [0, 0.1) is 10.1 Å². The molecule has 18 heavy (non-hydrogen) atoms. The molecule has 0 saturated carbocycles. The number of rotatable bonds is 4. The molecule has 1 aromatic rings. The van der Waals surface area contributed by atoms with Crippen molar-refractivity contribution in [2.45, 2.75) is 6.17 Å². The number of amides is 1. The molecule has 0 atom stereocenters. The van der Waals surface area contributed by atoms with Gasteiger partial charge in [-0.1, -0.05) is 12.1 Å². The van der Waals surface area contributed by atoms with Gasteiger partial charge in [0, 0.05) is 19.2 Å². The van der Waals surface area contributed by atoms with Crippen molar-refractivity contribution >= 4 is 17.3 Å². The van der Waals surface area contributed by atoms with Gasteiger partial charge in [0.25, 0.3) is 5.69 Å². The molecule has 0 spiro atoms. The predicted molar refractivity (Wildman–Crippen MR) is 63.1 cm³/mol. The summed E-state index contributed by atoms with van der Waals surface area (Å²) in [5.74, 6) is -0.379. The Morgan fingerprint density at radius 1 is 1.50 bits per heavy atom. The quantitative estimate of drug-likeness (QED) is 0.646. The van der Waals surface area contributed by atoms with Gasteiger partial charge in [0.2, 0.25) is 5.91 Å². The van der Waals surface area contributed by atoms with E-state index in [-0.39, 0.29) is 36.9 Å². The second kappa shape index (κ2) is 5.09. The number of carbonyl (C=O) groups excluding carboxylic acids is 1. The second-order valence-corrected chi connectivity index (χ2v) is 4.11. The summed E-state index contributed by atoms with van der Waals surface area (Å²) in [6.07, 6.45) is -0.871. The fraction of sp³-hybridized carbons (Fsp3) is 0.364. The lowest BCUT2D eigenvalue weighted by Crippen LogP contribution is -2.51. The van der Waals surface area contributed by atoms with E-state index in [4.69, 9.17) is 0 Å². The number of alkyl halides is 1. The number of carbonyl (C=O) groups is 1. The first-order valence-electron chi connectivity index (χ1n) is 5.46. The summed E-state index contributed by atoms with van der Waals surface area (Å²) in [6.45, 7) is 0.529. The minimum atomic E-state index is -0.871. The van der Waals surface area contributed by atoms with Gasteiger partial charge >= 0.3 is 0 Å². The summed E-state index contributed by atoms with van der Waals surface area (Å²) in [6, 6.07) is 5.90. The van der Waals surface area contributed by atoms with E-state index >= 15 is 0 Å². The molecule has 0 bridgehead atoms. The van der Waals surface area contributed by atoms with Gasteiger partial charge < -0.3 is 5.32 Å². The molecule has 0 aromatic heterocycles. The highest BCUT2D eigenvalue weighted by Gasteiger charge is 2.28. The van der Waals surface area contributed by atoms with Crippen LogP contribution in [0.4, 0.5) is 15.8 Å². The van der Waals surface area contributed by atoms with Crippen molar-refractivity contribution in [1.82, 2.24) is 4.90 Å². The molecule has 1 amide bonds. The van der Waals surface area contributed by atoms with Crippen LogP contribution in [0.1, 0.15) is 0 Å². The monoisotopic (exact) mass is 253 g/mol. The first-order valence-corrected chi connectivity index (χ1v) is 5.46. The molecule has 7 heteroatoms. The molecule has 2 rings (SSSR count). The predicted octanol–water partition coefficient (Wildman–Crippen LogP) is 1.19. The average molecular weight is 253 g/mol. The third-order valence-electron chi connectivity index (χ3n) is 2.65. The van der Waals surface area contributed by atoms with Crippen LogP contribution >= 0.6 is 0 Å². The molecule has 0 radical (unpaired) electrons. The molecule has 1 fully saturated rings. The zero-order valence-electron chi connectivity index (χ0n) is 9.51. The summed E-state index contributed by atoms with van der Waals surface area (Å²) < 4.78 is 12.6. The van der Waals surface area contributed by atoms with E-state index in [1.54, 1.807) is 11.0 Å². The second-order valence-electron chi connectivity index (χ2n) is 4.11. The molecule has 6 nitrogen and oxygen atoms in total. The van der Waals surface area contributed by atoms with Crippen LogP contribution in [0.2, 0.25) is 0 Å². The van der Waals surface area contributed by atoms with Crippen molar-refractivity contribution in [2.24, 2.45) is 0 Å². The van der Waals surface area contributed by atoms with Crippen molar-refractivity contribution in [3.63, 3.8) is 0 Å². The third-order valence-corrected chi connectivity index (χ3v) is 2.65. The van der Waals surface area contributed by atoms with Crippen LogP contribution in [-0.4, -0.2) is 41.5 Å². The highest BCUT2D eigenvalue weighted by atomic mass is 19.1. The van der Waals surface area contributed by atoms with Gasteiger partial charge in [-0.05, 0) is 6.07 Å². The Balaban J connectivity index is 1.96. The van der Waals surface area contributed by atoms with E-state index in [9.17, 15) is 19.3 Å². The highest BCUT2D eigenvalue weighted by molar-refractivity contribution is 5.94. The molecule has 1 aliphatic rings. The van der Waals surface area contributed by atoms with Crippen molar-refractivity contribution in [3.8, 4) is 0 Å². The van der Waals surface area contributed by atoms with Gasteiger partial charge in [-0.3, -0.25) is 19.8 Å². The van der Waals surface area contributed by atoms with Gasteiger partial charge in [0.05, 0.1) is 11.5 Å². The first kappa shape index (κ1) is 12.4. The van der Waals surface area contributed by atoms with Crippen molar-refractivity contribution < 1.29 is 14.1 Å². The molecule has 1 aliphatic heterocycles. The number of hydrogen-bond acceptors (Lipinski definition) is 4. The number of hydrogen-bond donors (Lipinski definition) is 1. The Bertz CT molecular complexity index is 474. The number of halogens is 1. The lowest BCUT2D eigenvalue weighted by Gasteiger charge is -2.33. The minimum Gasteiger partial charge on any atom is -0.319 e. The van der Waals surface area contributed by atoms with E-state index in [2.05, 4.69) is 5.32 Å². The average Bonchev–Trinajstić information content (AvgIpc) is 2.27. The van der Waals surface area contributed by atoms with E-state index in [0.717, 1.165) is 0 Å². The smallest absolute Gasteiger partial charge is 0.292 e. The molecule has 0 unspecified atom stereocenters. The van der Waals surface area contributed by atoms with Crippen LogP contribution in [0.5, 0.6) is 0 Å². The Hall–Kier alpha value is -2.02. The molecular weight excluding hydrogens is 241 g/mol. The number of nitrogens with one attached hydrogen (secondary N) is 1. The highest BCUT2D eigenvalue weighted by Crippen LogP contribution is 2.23. The van der Waals surface area contributed by atoms with Crippen LogP contribution in [-0.2, 0) is 4.79 Å². The topological polar surface area (TPSA) is 75.5 Å². The first-order chi connectivity index (χ1) is 8.56. The van der Waals surface area contributed by atoms with E-state index in [1.165, 1.54) is 18.2 Å². The van der Waals surface area contributed by atoms with Crippen molar-refractivity contribution in [1.29, 1.82) is 0 Å². The van der Waals surface area contributed by atoms with Gasteiger partial charge in [0.1, 0.15) is 11.9 Å². The lowest BCUT2D eigenvalue weighted by atomic mass is 10.2. The number of nitrogens with zero attached hydrogens (tertiary/aromatic N) is 2. The Morgan fingerprint density at radius 3 is 2.78 bits per heavy atom. The maximum Gasteiger partial charge on any atom is 0.292 e. The van der Waals surface area contributed by atoms with Crippen molar-refractivity contribution in [3.05, 3.63) is 34.4 Å². The zero-order chi connectivity index (χ0) is 13.1. The molecule has 96 valence electrons. The normalized spacial score (nSPS) is 16.1. The molecular formula is C11H12FN3O3. The van der Waals surface area contributed by atoms with Crippen LogP contribution < -0.4 is 5.32 Å². The standard InChI is InChI=1S/C11H12FN3O3/c12-8-5-14(6-8)7-11(16)13-9-3-1-2-4-10(9)15(17)18/h1-4,8H,5-7H2,(H,13,16). The lowest BCUT2D eigenvalue weighted by molar-refractivity contribution is -0.383. The fourth-order valence-electron chi connectivity index (χ4n) is 1.77. The van der Waals surface area contributed by atoms with E-state index < -0.39 is 11.1 Å². The summed E-state index contributed by atoms with van der Waals surface area (Å²) >= 11 is 0. The number of para-hydroxylation sites is 2. The molecule has 0 aliphatic carbocycles. The largest absolute Gasteiger partial charge is 0.319 e. The van der Waals surface area contributed by atoms with Crippen LogP contribution in [0.15, 0.2) is 24.3 Å². The van der Waals surface area contributed by atoms with Gasteiger partial charge in [-0.25, -0.2) is 4.39 Å². The molecule has 1 saturated heterocycles. The van der Waals surface area contributed by atoms with Crippen LogP contribution in [0.25, 0.3) is 0 Å². The van der Waals surface area contributed by atoms with E-state index in [1.807, 2.05) is 0 Å². The van der Waals surface area contributed by atoms with Gasteiger partial charge in [0.15, 0.2) is 0 Å². The van der Waals surface area contributed by atoms with E-state index in [0.29, 0.717) is 0 Å². The third kappa shape index (κ3) is 2.80. The maximum atomic E-state index is 12.6. The fourth-order valence-corrected chi connectivity index (χ4v) is 1.77.